The van der Waals surface area contributed by atoms with Crippen LogP contribution in [0.4, 0.5) is 5.69 Å². The van der Waals surface area contributed by atoms with Crippen LogP contribution >= 0.6 is 23.5 Å². The SMILES string of the molecule is CCCCC(=O)C(=O)N(C(=O)[C@@H]1CC2(CN1)SCCS2)C(C(N)=O)(C(=O)C(NC(=O)[C@@H](NC(=O)[C@H](CCC(=O)O)NC(=O)[C@H](CCC(=O)O)NC(C)=O)C(C)C)C1CCCCC1)c1cccc(N)c1. The quantitative estimate of drug-likeness (QED) is 0.0376. The number of nitrogen functional groups attached to an aromatic ring is 1. The molecule has 0 aromatic heterocycles. The molecule has 1 spiro atoms. The van der Waals surface area contributed by atoms with Gasteiger partial charge in [0.2, 0.25) is 40.9 Å². The van der Waals surface area contributed by atoms with Crippen LogP contribution in [0.3, 0.4) is 0 Å². The number of aliphatic carboxylic acids is 2. The van der Waals surface area contributed by atoms with E-state index in [1.54, 1.807) is 44.3 Å². The number of imide groups is 1. The number of nitrogens with one attached hydrogen (secondary N) is 5. The molecule has 23 heteroatoms. The minimum Gasteiger partial charge on any atom is -0.481 e. The summed E-state index contributed by atoms with van der Waals surface area (Å²) in [6.45, 7) is 6.32. The minimum atomic E-state index is -3.07. The Morgan fingerprint density at radius 2 is 1.43 bits per heavy atom. The Hall–Kier alpha value is -5.55. The Bertz CT molecular complexity index is 2130. The molecule has 2 heterocycles. The Morgan fingerprint density at radius 1 is 0.841 bits per heavy atom. The number of anilines is 1. The van der Waals surface area contributed by atoms with Crippen LogP contribution in [0.25, 0.3) is 0 Å². The Kier molecular flexibility index (Phi) is 20.6. The monoisotopic (exact) mass is 1000 g/mol. The van der Waals surface area contributed by atoms with Gasteiger partial charge in [-0.15, -0.1) is 23.5 Å². The smallest absolute Gasteiger partial charge is 0.303 e. The van der Waals surface area contributed by atoms with Crippen molar-refractivity contribution in [2.45, 2.75) is 151 Å². The summed E-state index contributed by atoms with van der Waals surface area (Å²) < 4.78 is -0.463. The summed E-state index contributed by atoms with van der Waals surface area (Å²) in [5.74, 6) is -12.5. The van der Waals surface area contributed by atoms with E-state index < -0.39 is 136 Å². The lowest BCUT2D eigenvalue weighted by atomic mass is 9.73. The lowest BCUT2D eigenvalue weighted by Gasteiger charge is -2.43. The van der Waals surface area contributed by atoms with Crippen molar-refractivity contribution in [3.05, 3.63) is 29.8 Å². The number of unbranched alkanes of at least 4 members (excludes halogenated alkanes) is 1. The van der Waals surface area contributed by atoms with Crippen LogP contribution < -0.4 is 38.1 Å². The number of ketones is 2. The van der Waals surface area contributed by atoms with Gasteiger partial charge in [0.25, 0.3) is 11.8 Å². The standard InChI is InChI=1S/C46H66N8O13S2/c1-5-6-15-33(56)43(66)54(42(65)32-23-45(24-49-32)68-20-21-69-45)46(44(48)67,28-13-10-14-29(47)22-28)38(61)37(27-11-8-7-9-12-27)53-41(64)36(25(2)3)52-40(63)31(17-19-35(59)60)51-39(62)30(50-26(4)55)16-18-34(57)58/h10,13-14,22,25,27,30-32,36-37,49H,5-9,11-12,15-21,23-24,47H2,1-4H3,(H2,48,67)(H,50,55)(H,51,62)(H,52,63)(H,53,64)(H,57,58)(H,59,60)/t30-,31-,32-,36-,37?,46?/m0/s1. The number of carboxylic acids is 2. The summed E-state index contributed by atoms with van der Waals surface area (Å²) in [5, 5.41) is 31.8. The van der Waals surface area contributed by atoms with E-state index in [0.29, 0.717) is 43.5 Å². The van der Waals surface area contributed by atoms with Crippen molar-refractivity contribution >= 4 is 94.1 Å². The number of carbonyl (C=O) groups is 11. The second kappa shape index (κ2) is 25.3. The van der Waals surface area contributed by atoms with Gasteiger partial charge in [-0.1, -0.05) is 58.6 Å². The molecule has 11 N–H and O–H groups in total. The highest BCUT2D eigenvalue weighted by Gasteiger charge is 2.61. The number of amides is 7. The number of nitrogens with zero attached hydrogens (tertiary/aromatic N) is 1. The van der Waals surface area contributed by atoms with Gasteiger partial charge in [-0.3, -0.25) is 52.7 Å². The zero-order valence-corrected chi connectivity index (χ0v) is 41.1. The summed E-state index contributed by atoms with van der Waals surface area (Å²) >= 11 is 3.25. The average molecular weight is 1000 g/mol. The van der Waals surface area contributed by atoms with Crippen LogP contribution in [0.1, 0.15) is 117 Å². The van der Waals surface area contributed by atoms with Crippen molar-refractivity contribution in [3.63, 3.8) is 0 Å². The molecule has 0 radical (unpaired) electrons. The molecule has 1 aliphatic carbocycles. The molecule has 2 saturated heterocycles. The van der Waals surface area contributed by atoms with Gasteiger partial charge in [0.05, 0.1) is 16.2 Å². The fraction of sp³-hybridized carbons (Fsp3) is 0.630. The number of Topliss-reactive ketones (excluding diaryl/α,β-unsaturated/α-hetero) is 2. The van der Waals surface area contributed by atoms with Gasteiger partial charge < -0.3 is 48.3 Å². The van der Waals surface area contributed by atoms with Crippen molar-refractivity contribution in [1.82, 2.24) is 31.5 Å². The van der Waals surface area contributed by atoms with Crippen molar-refractivity contribution in [2.24, 2.45) is 17.6 Å². The molecule has 2 unspecified atom stereocenters. The molecule has 3 aliphatic rings. The maximum absolute atomic E-state index is 16.0. The normalized spacial score (nSPS) is 19.2. The second-order valence-corrected chi connectivity index (χ2v) is 21.3. The Labute approximate surface area is 409 Å². The number of thioether (sulfide) groups is 2. The van der Waals surface area contributed by atoms with Gasteiger partial charge >= 0.3 is 11.9 Å². The van der Waals surface area contributed by atoms with Crippen molar-refractivity contribution < 1.29 is 63.0 Å². The second-order valence-electron chi connectivity index (χ2n) is 18.1. The number of carboxylic acid groups (broad SMARTS) is 2. The summed E-state index contributed by atoms with van der Waals surface area (Å²) in [4.78, 5) is 152. The molecular formula is C46H66N8O13S2. The molecule has 6 atom stereocenters. The summed E-state index contributed by atoms with van der Waals surface area (Å²) in [6.07, 6.45) is 1.08. The fourth-order valence-corrected chi connectivity index (χ4v) is 12.2. The summed E-state index contributed by atoms with van der Waals surface area (Å²) in [7, 11) is 0. The van der Waals surface area contributed by atoms with E-state index in [-0.39, 0.29) is 36.9 Å². The van der Waals surface area contributed by atoms with E-state index in [2.05, 4.69) is 26.6 Å². The van der Waals surface area contributed by atoms with E-state index in [0.717, 1.165) is 24.9 Å². The summed E-state index contributed by atoms with van der Waals surface area (Å²) in [6, 6.07) is -2.11. The van der Waals surface area contributed by atoms with Gasteiger partial charge in [-0.25, -0.2) is 4.90 Å². The predicted octanol–water partition coefficient (Wildman–Crippen LogP) is 1.10. The lowest BCUT2D eigenvalue weighted by Crippen LogP contribution is -2.71. The predicted molar refractivity (Wildman–Crippen MR) is 256 cm³/mol. The molecule has 7 amide bonds. The molecule has 1 saturated carbocycles. The van der Waals surface area contributed by atoms with Crippen LogP contribution in [0.2, 0.25) is 0 Å². The maximum atomic E-state index is 16.0. The first-order chi connectivity index (χ1) is 32.6. The van der Waals surface area contributed by atoms with Gasteiger partial charge in [0.15, 0.2) is 5.78 Å². The molecule has 2 aliphatic heterocycles. The molecule has 3 fully saturated rings. The first kappa shape index (κ1) is 56.0. The summed E-state index contributed by atoms with van der Waals surface area (Å²) in [5.41, 5.74) is 9.24. The van der Waals surface area contributed by atoms with Gasteiger partial charge in [0.1, 0.15) is 18.1 Å². The zero-order valence-electron chi connectivity index (χ0n) is 39.5. The average Bonchev–Trinajstić information content (AvgIpc) is 3.95. The van der Waals surface area contributed by atoms with E-state index >= 15 is 9.59 Å². The Morgan fingerprint density at radius 3 is 1.97 bits per heavy atom. The number of hydrogen-bond donors (Lipinski definition) is 9. The number of benzene rings is 1. The van der Waals surface area contributed by atoms with Crippen molar-refractivity contribution in [3.8, 4) is 0 Å². The van der Waals surface area contributed by atoms with E-state index in [9.17, 15) is 53.4 Å². The molecule has 21 nitrogen and oxygen atoms in total. The van der Waals surface area contributed by atoms with Crippen molar-refractivity contribution in [2.75, 3.05) is 23.8 Å². The maximum Gasteiger partial charge on any atom is 0.303 e. The van der Waals surface area contributed by atoms with E-state index in [1.807, 2.05) is 0 Å². The lowest BCUT2D eigenvalue weighted by molar-refractivity contribution is -0.168. The first-order valence-corrected chi connectivity index (χ1v) is 25.3. The highest BCUT2D eigenvalue weighted by atomic mass is 32.2. The number of carbonyl (C=O) groups excluding carboxylic acids is 9. The van der Waals surface area contributed by atoms with Crippen LogP contribution in [0.5, 0.6) is 0 Å². The highest BCUT2D eigenvalue weighted by molar-refractivity contribution is 8.21. The first-order valence-electron chi connectivity index (χ1n) is 23.3. The molecule has 1 aromatic rings. The van der Waals surface area contributed by atoms with Gasteiger partial charge in [0, 0.05) is 49.9 Å². The molecule has 380 valence electrons. The van der Waals surface area contributed by atoms with Gasteiger partial charge in [-0.05, 0) is 68.1 Å². The molecule has 4 rings (SSSR count). The van der Waals surface area contributed by atoms with E-state index in [4.69, 9.17) is 11.5 Å². The minimum absolute atomic E-state index is 0.00967. The number of rotatable bonds is 25. The third-order valence-corrected chi connectivity index (χ3v) is 16.0. The zero-order chi connectivity index (χ0) is 51.2. The highest BCUT2D eigenvalue weighted by Crippen LogP contribution is 2.50. The van der Waals surface area contributed by atoms with Crippen molar-refractivity contribution in [1.29, 1.82) is 0 Å². The largest absolute Gasteiger partial charge is 0.481 e. The fourth-order valence-electron chi connectivity index (χ4n) is 9.00. The number of primary amides is 1. The molecule has 69 heavy (non-hydrogen) atoms. The third kappa shape index (κ3) is 14.3. The topological polar surface area (TPSA) is 344 Å². The van der Waals surface area contributed by atoms with Crippen LogP contribution in [-0.2, 0) is 58.3 Å². The van der Waals surface area contributed by atoms with Gasteiger partial charge in [-0.2, -0.15) is 0 Å². The molecule has 0 bridgehead atoms. The number of hydrogen-bond acceptors (Lipinski definition) is 15. The van der Waals surface area contributed by atoms with Crippen LogP contribution in [-0.4, -0.2) is 132 Å². The van der Waals surface area contributed by atoms with Crippen LogP contribution in [0.15, 0.2) is 24.3 Å². The Balaban J connectivity index is 1.84. The van der Waals surface area contributed by atoms with Crippen LogP contribution in [0, 0.1) is 11.8 Å². The number of nitrogens with two attached hydrogens (primary N) is 2. The molecular weight excluding hydrogens is 937 g/mol. The van der Waals surface area contributed by atoms with E-state index in [1.165, 1.54) is 24.3 Å². The third-order valence-electron chi connectivity index (χ3n) is 12.6. The molecule has 1 aromatic carbocycles.